The van der Waals surface area contributed by atoms with Crippen LogP contribution in [0.15, 0.2) is 0 Å². The minimum atomic E-state index is -4.84. The molecular formula is C10H19O12P. The highest BCUT2D eigenvalue weighted by Gasteiger charge is 2.31. The fourth-order valence-electron chi connectivity index (χ4n) is 1.19. The van der Waals surface area contributed by atoms with Gasteiger partial charge in [-0.2, -0.15) is 0 Å². The molecule has 0 saturated carbocycles. The molecule has 0 aliphatic heterocycles. The molecule has 0 aliphatic carbocycles. The quantitative estimate of drug-likeness (QED) is 0.130. The molecule has 0 aliphatic rings. The van der Waals surface area contributed by atoms with Crippen molar-refractivity contribution in [1.82, 2.24) is 0 Å². The lowest BCUT2D eigenvalue weighted by molar-refractivity contribution is -0.128. The smallest absolute Gasteiger partial charge is 0.388 e. The van der Waals surface area contributed by atoms with Crippen LogP contribution in [0.4, 0.5) is 0 Å². The Balaban J connectivity index is 4.36. The summed E-state index contributed by atoms with van der Waals surface area (Å²) in [7, 11) is -4.84. The first-order chi connectivity index (χ1) is 10.6. The number of aliphatic hydroxyl groups excluding tert-OH is 6. The van der Waals surface area contributed by atoms with Crippen LogP contribution in [-0.4, -0.2) is 97.9 Å². The number of aldehydes is 2. The summed E-state index contributed by atoms with van der Waals surface area (Å²) in [5, 5.41) is 54.9. The molecule has 13 heteroatoms. The van der Waals surface area contributed by atoms with Gasteiger partial charge in [0.05, 0.1) is 13.2 Å². The molecule has 0 spiro atoms. The van der Waals surface area contributed by atoms with E-state index in [1.807, 2.05) is 0 Å². The summed E-state index contributed by atoms with van der Waals surface area (Å²) >= 11 is 0. The van der Waals surface area contributed by atoms with E-state index in [9.17, 15) is 39.5 Å². The van der Waals surface area contributed by atoms with Crippen molar-refractivity contribution in [3.63, 3.8) is 0 Å². The molecule has 7 N–H and O–H groups in total. The van der Waals surface area contributed by atoms with Crippen molar-refractivity contribution in [1.29, 1.82) is 0 Å². The number of carbonyl (C=O) groups excluding carboxylic acids is 2. The molecule has 0 aromatic heterocycles. The molecule has 0 bridgehead atoms. The lowest BCUT2D eigenvalue weighted by Crippen LogP contribution is -2.41. The zero-order chi connectivity index (χ0) is 18.2. The van der Waals surface area contributed by atoms with E-state index in [4.69, 9.17) is 10.2 Å². The first-order valence-corrected chi connectivity index (χ1v) is 7.66. The van der Waals surface area contributed by atoms with Crippen LogP contribution >= 0.6 is 7.82 Å². The van der Waals surface area contributed by atoms with E-state index in [0.717, 1.165) is 0 Å². The van der Waals surface area contributed by atoms with E-state index in [1.54, 1.807) is 0 Å². The van der Waals surface area contributed by atoms with Crippen LogP contribution in [0.3, 0.4) is 0 Å². The van der Waals surface area contributed by atoms with Crippen molar-refractivity contribution >= 4 is 20.4 Å². The molecule has 0 rings (SSSR count). The minimum absolute atomic E-state index is 0.0704. The van der Waals surface area contributed by atoms with Gasteiger partial charge in [-0.1, -0.05) is 0 Å². The summed E-state index contributed by atoms with van der Waals surface area (Å²) in [5.74, 6) is 0. The van der Waals surface area contributed by atoms with Crippen LogP contribution in [0, 0.1) is 0 Å². The van der Waals surface area contributed by atoms with E-state index in [0.29, 0.717) is 0 Å². The van der Waals surface area contributed by atoms with E-state index < -0.39 is 57.7 Å². The maximum atomic E-state index is 11.4. The number of hydrogen-bond donors (Lipinski definition) is 7. The number of aliphatic hydroxyl groups is 6. The van der Waals surface area contributed by atoms with Crippen LogP contribution < -0.4 is 0 Å². The highest BCUT2D eigenvalue weighted by atomic mass is 31.2. The predicted molar refractivity (Wildman–Crippen MR) is 69.9 cm³/mol. The molecule has 0 amide bonds. The Hall–Kier alpha value is -0.790. The maximum absolute atomic E-state index is 11.4. The van der Waals surface area contributed by atoms with Crippen molar-refractivity contribution in [2.45, 2.75) is 36.6 Å². The Morgan fingerprint density at radius 1 is 0.783 bits per heavy atom. The van der Waals surface area contributed by atoms with E-state index in [2.05, 4.69) is 9.05 Å². The molecule has 23 heavy (non-hydrogen) atoms. The van der Waals surface area contributed by atoms with Crippen molar-refractivity contribution < 1.29 is 58.7 Å². The van der Waals surface area contributed by atoms with Gasteiger partial charge in [-0.3, -0.25) is 9.05 Å². The maximum Gasteiger partial charge on any atom is 0.472 e. The molecule has 12 nitrogen and oxygen atoms in total. The number of carbonyl (C=O) groups is 2. The highest BCUT2D eigenvalue weighted by molar-refractivity contribution is 7.47. The van der Waals surface area contributed by atoms with E-state index in [1.165, 1.54) is 0 Å². The monoisotopic (exact) mass is 362 g/mol. The largest absolute Gasteiger partial charge is 0.472 e. The van der Waals surface area contributed by atoms with Crippen LogP contribution in [0.25, 0.3) is 0 Å². The first-order valence-electron chi connectivity index (χ1n) is 6.16. The molecule has 0 heterocycles. The average molecular weight is 362 g/mol. The van der Waals surface area contributed by atoms with Gasteiger partial charge < -0.3 is 45.1 Å². The lowest BCUT2D eigenvalue weighted by Gasteiger charge is -2.22. The molecule has 0 aromatic carbocycles. The third-order valence-electron chi connectivity index (χ3n) is 2.58. The normalized spacial score (nSPS) is 20.1. The molecule has 0 unspecified atom stereocenters. The van der Waals surface area contributed by atoms with Gasteiger partial charge in [0.2, 0.25) is 0 Å². The SMILES string of the molecule is O=C[C@H](O)[C@H](O)[C@H](O)COP(=O)(O)OC[C@@H](O)[C@@H](O)[C@@H](O)C=O. The number of phosphoric acid groups is 1. The van der Waals surface area contributed by atoms with Crippen molar-refractivity contribution in [2.24, 2.45) is 0 Å². The second-order valence-electron chi connectivity index (χ2n) is 4.43. The van der Waals surface area contributed by atoms with Gasteiger partial charge in [0, 0.05) is 0 Å². The summed E-state index contributed by atoms with van der Waals surface area (Å²) in [6.45, 7) is -2.01. The summed E-state index contributed by atoms with van der Waals surface area (Å²) in [4.78, 5) is 29.6. The molecule has 0 fully saturated rings. The van der Waals surface area contributed by atoms with Crippen LogP contribution in [0.5, 0.6) is 0 Å². The number of rotatable bonds is 12. The zero-order valence-electron chi connectivity index (χ0n) is 11.7. The highest BCUT2D eigenvalue weighted by Crippen LogP contribution is 2.43. The molecule has 6 atom stereocenters. The summed E-state index contributed by atoms with van der Waals surface area (Å²) in [6.07, 6.45) is -11.7. The van der Waals surface area contributed by atoms with Gasteiger partial charge in [0.15, 0.2) is 12.6 Å². The minimum Gasteiger partial charge on any atom is -0.388 e. The van der Waals surface area contributed by atoms with Gasteiger partial charge in [0.25, 0.3) is 0 Å². The van der Waals surface area contributed by atoms with E-state index >= 15 is 0 Å². The Kier molecular flexibility index (Phi) is 9.80. The Morgan fingerprint density at radius 2 is 1.09 bits per heavy atom. The zero-order valence-corrected chi connectivity index (χ0v) is 12.5. The molecule has 0 saturated heterocycles. The van der Waals surface area contributed by atoms with Gasteiger partial charge in [-0.25, -0.2) is 4.57 Å². The van der Waals surface area contributed by atoms with Gasteiger partial charge in [-0.05, 0) is 0 Å². The molecule has 136 valence electrons. The molecule has 0 radical (unpaired) electrons. The van der Waals surface area contributed by atoms with Crippen LogP contribution in [0.1, 0.15) is 0 Å². The van der Waals surface area contributed by atoms with Gasteiger partial charge in [-0.15, -0.1) is 0 Å². The second-order valence-corrected chi connectivity index (χ2v) is 5.88. The fourth-order valence-corrected chi connectivity index (χ4v) is 1.95. The second kappa shape index (κ2) is 10.2. The fraction of sp³-hybridized carbons (Fsp3) is 0.800. The third kappa shape index (κ3) is 8.04. The summed E-state index contributed by atoms with van der Waals surface area (Å²) < 4.78 is 19.9. The van der Waals surface area contributed by atoms with Crippen molar-refractivity contribution in [2.75, 3.05) is 13.2 Å². The van der Waals surface area contributed by atoms with E-state index in [-0.39, 0.29) is 12.6 Å². The topological polar surface area (TPSA) is 211 Å². The number of phosphoric ester groups is 1. The standard InChI is InChI=1S/C10H19O12P/c11-1-5(13)9(17)7(15)3-21-23(19,20)22-4-8(16)10(18)6(14)2-12/h1-2,5-10,13-18H,3-4H2,(H,19,20)/t5-,6-,7+,8+,9-,10-/m0/s1. The summed E-state index contributed by atoms with van der Waals surface area (Å²) in [6, 6.07) is 0. The first kappa shape index (κ1) is 22.2. The molecule has 0 aromatic rings. The van der Waals surface area contributed by atoms with Crippen LogP contribution in [-0.2, 0) is 23.2 Å². The Bertz CT molecular complexity index is 383. The average Bonchev–Trinajstić information content (AvgIpc) is 2.54. The van der Waals surface area contributed by atoms with Crippen LogP contribution in [0.2, 0.25) is 0 Å². The third-order valence-corrected chi connectivity index (χ3v) is 3.53. The molecular weight excluding hydrogens is 343 g/mol. The lowest BCUT2D eigenvalue weighted by atomic mass is 10.1. The Labute approximate surface area is 130 Å². The van der Waals surface area contributed by atoms with Gasteiger partial charge >= 0.3 is 7.82 Å². The number of hydrogen-bond acceptors (Lipinski definition) is 11. The van der Waals surface area contributed by atoms with Gasteiger partial charge in [0.1, 0.15) is 36.6 Å². The predicted octanol–water partition coefficient (Wildman–Crippen LogP) is -4.32. The Morgan fingerprint density at radius 3 is 1.35 bits per heavy atom. The summed E-state index contributed by atoms with van der Waals surface area (Å²) in [5.41, 5.74) is 0. The van der Waals surface area contributed by atoms with Crippen molar-refractivity contribution in [3.05, 3.63) is 0 Å². The van der Waals surface area contributed by atoms with Crippen molar-refractivity contribution in [3.8, 4) is 0 Å².